The van der Waals surface area contributed by atoms with Crippen molar-refractivity contribution in [3.63, 3.8) is 0 Å². The van der Waals surface area contributed by atoms with Gasteiger partial charge in [-0.15, -0.1) is 0 Å². The van der Waals surface area contributed by atoms with Crippen LogP contribution in [0.2, 0.25) is 0 Å². The van der Waals surface area contributed by atoms with Crippen molar-refractivity contribution in [1.82, 2.24) is 4.90 Å². The molecule has 0 aromatic heterocycles. The van der Waals surface area contributed by atoms with Crippen molar-refractivity contribution < 1.29 is 14.3 Å². The number of ether oxygens (including phenoxy) is 2. The topological polar surface area (TPSA) is 38.8 Å². The minimum absolute atomic E-state index is 0.104. The molecule has 1 fully saturated rings. The van der Waals surface area contributed by atoms with E-state index in [9.17, 15) is 4.79 Å². The zero-order chi connectivity index (χ0) is 15.8. The molecule has 0 aliphatic carbocycles. The van der Waals surface area contributed by atoms with Gasteiger partial charge in [0.2, 0.25) is 0 Å². The van der Waals surface area contributed by atoms with E-state index < -0.39 is 5.60 Å². The number of likely N-dealkylation sites (tertiary alicyclic amines) is 1. The highest BCUT2D eigenvalue weighted by atomic mass is 16.6. The molecule has 2 aliphatic heterocycles. The fraction of sp³-hybridized carbons (Fsp3) is 0.611. The number of hydrogen-bond donors (Lipinski definition) is 0. The Labute approximate surface area is 132 Å². The molecule has 1 aromatic carbocycles. The van der Waals surface area contributed by atoms with Crippen molar-refractivity contribution in [3.8, 4) is 5.75 Å². The molecule has 0 saturated carbocycles. The monoisotopic (exact) mass is 303 g/mol. The molecular weight excluding hydrogens is 278 g/mol. The molecule has 3 rings (SSSR count). The molecule has 1 aromatic rings. The first-order chi connectivity index (χ1) is 10.4. The molecule has 2 heterocycles. The summed E-state index contributed by atoms with van der Waals surface area (Å²) in [6.07, 6.45) is 3.63. The number of rotatable bonds is 0. The Morgan fingerprint density at radius 2 is 1.86 bits per heavy atom. The SMILES string of the molecule is CC(C)(C)OC(=O)N1CCC2(CCc3ccccc3O2)CC1. The van der Waals surface area contributed by atoms with Gasteiger partial charge in [0.05, 0.1) is 0 Å². The van der Waals surface area contributed by atoms with E-state index in [-0.39, 0.29) is 11.7 Å². The lowest BCUT2D eigenvalue weighted by atomic mass is 9.83. The number of hydrogen-bond acceptors (Lipinski definition) is 3. The van der Waals surface area contributed by atoms with E-state index in [0.29, 0.717) is 13.1 Å². The van der Waals surface area contributed by atoms with Crippen molar-refractivity contribution >= 4 is 6.09 Å². The number of benzene rings is 1. The third-order valence-corrected chi connectivity index (χ3v) is 4.48. The van der Waals surface area contributed by atoms with Crippen LogP contribution in [0.1, 0.15) is 45.6 Å². The summed E-state index contributed by atoms with van der Waals surface area (Å²) in [5.41, 5.74) is 0.752. The van der Waals surface area contributed by atoms with Crippen LogP contribution in [0.3, 0.4) is 0 Å². The molecule has 0 atom stereocenters. The summed E-state index contributed by atoms with van der Waals surface area (Å²) in [4.78, 5) is 14.0. The third-order valence-electron chi connectivity index (χ3n) is 4.48. The molecule has 0 bridgehead atoms. The lowest BCUT2D eigenvalue weighted by Gasteiger charge is -2.44. The van der Waals surface area contributed by atoms with Crippen LogP contribution in [0.15, 0.2) is 24.3 Å². The number of aryl methyl sites for hydroxylation is 1. The second kappa shape index (κ2) is 5.49. The van der Waals surface area contributed by atoms with Gasteiger partial charge in [0.1, 0.15) is 17.0 Å². The average Bonchev–Trinajstić information content (AvgIpc) is 2.46. The summed E-state index contributed by atoms with van der Waals surface area (Å²) in [5.74, 6) is 1.01. The maximum atomic E-state index is 12.1. The van der Waals surface area contributed by atoms with E-state index in [1.54, 1.807) is 4.90 Å². The number of carbonyl (C=O) groups excluding carboxylic acids is 1. The van der Waals surface area contributed by atoms with Crippen LogP contribution in [0.25, 0.3) is 0 Å². The fourth-order valence-electron chi connectivity index (χ4n) is 3.23. The second-order valence-corrected chi connectivity index (χ2v) is 7.36. The normalized spacial score (nSPS) is 20.2. The molecule has 4 nitrogen and oxygen atoms in total. The van der Waals surface area contributed by atoms with Gasteiger partial charge in [-0.1, -0.05) is 18.2 Å². The van der Waals surface area contributed by atoms with Crippen LogP contribution in [0.4, 0.5) is 4.79 Å². The fourth-order valence-corrected chi connectivity index (χ4v) is 3.23. The zero-order valence-electron chi connectivity index (χ0n) is 13.7. The third kappa shape index (κ3) is 3.21. The van der Waals surface area contributed by atoms with Crippen LogP contribution in [0.5, 0.6) is 5.75 Å². The molecule has 0 radical (unpaired) electrons. The first-order valence-electron chi connectivity index (χ1n) is 8.12. The van der Waals surface area contributed by atoms with Gasteiger partial charge in [-0.25, -0.2) is 4.79 Å². The Balaban J connectivity index is 1.62. The van der Waals surface area contributed by atoms with Gasteiger partial charge < -0.3 is 14.4 Å². The average molecular weight is 303 g/mol. The molecule has 120 valence electrons. The molecule has 2 aliphatic rings. The number of fused-ring (bicyclic) bond motifs is 1. The number of nitrogens with zero attached hydrogens (tertiary/aromatic N) is 1. The van der Waals surface area contributed by atoms with Gasteiger partial charge in [0.25, 0.3) is 0 Å². The predicted molar refractivity (Wildman–Crippen MR) is 85.2 cm³/mol. The standard InChI is InChI=1S/C18H25NO3/c1-17(2,3)22-16(20)19-12-10-18(11-13-19)9-8-14-6-4-5-7-15(14)21-18/h4-7H,8-13H2,1-3H3. The number of para-hydroxylation sites is 1. The molecule has 1 saturated heterocycles. The van der Waals surface area contributed by atoms with Gasteiger partial charge in [-0.05, 0) is 45.2 Å². The van der Waals surface area contributed by atoms with E-state index in [4.69, 9.17) is 9.47 Å². The highest BCUT2D eigenvalue weighted by Gasteiger charge is 2.41. The highest BCUT2D eigenvalue weighted by molar-refractivity contribution is 5.68. The number of amides is 1. The summed E-state index contributed by atoms with van der Waals surface area (Å²) < 4.78 is 11.8. The minimum Gasteiger partial charge on any atom is -0.487 e. The molecule has 4 heteroatoms. The maximum absolute atomic E-state index is 12.1. The highest BCUT2D eigenvalue weighted by Crippen LogP contribution is 2.39. The first-order valence-corrected chi connectivity index (χ1v) is 8.12. The Hall–Kier alpha value is -1.71. The van der Waals surface area contributed by atoms with E-state index in [1.807, 2.05) is 26.8 Å². The zero-order valence-corrected chi connectivity index (χ0v) is 13.7. The summed E-state index contributed by atoms with van der Waals surface area (Å²) in [6, 6.07) is 8.27. The van der Waals surface area contributed by atoms with Crippen molar-refractivity contribution in [1.29, 1.82) is 0 Å². The van der Waals surface area contributed by atoms with Crippen LogP contribution in [-0.2, 0) is 11.2 Å². The number of carbonyl (C=O) groups is 1. The van der Waals surface area contributed by atoms with Gasteiger partial charge in [-0.2, -0.15) is 0 Å². The largest absolute Gasteiger partial charge is 0.487 e. The Kier molecular flexibility index (Phi) is 3.79. The Morgan fingerprint density at radius 3 is 2.55 bits per heavy atom. The van der Waals surface area contributed by atoms with Gasteiger partial charge in [0.15, 0.2) is 0 Å². The molecule has 22 heavy (non-hydrogen) atoms. The van der Waals surface area contributed by atoms with Crippen LogP contribution < -0.4 is 4.74 Å². The Bertz CT molecular complexity index is 554. The quantitative estimate of drug-likeness (QED) is 0.732. The van der Waals surface area contributed by atoms with E-state index in [2.05, 4.69) is 18.2 Å². The second-order valence-electron chi connectivity index (χ2n) is 7.36. The molecule has 0 N–H and O–H groups in total. The van der Waals surface area contributed by atoms with Crippen molar-refractivity contribution in [2.75, 3.05) is 13.1 Å². The van der Waals surface area contributed by atoms with Crippen LogP contribution >= 0.6 is 0 Å². The van der Waals surface area contributed by atoms with E-state index >= 15 is 0 Å². The number of piperidine rings is 1. The lowest BCUT2D eigenvalue weighted by molar-refractivity contribution is -0.0272. The van der Waals surface area contributed by atoms with Gasteiger partial charge in [0, 0.05) is 25.9 Å². The van der Waals surface area contributed by atoms with Gasteiger partial charge >= 0.3 is 6.09 Å². The van der Waals surface area contributed by atoms with Crippen LogP contribution in [-0.4, -0.2) is 35.3 Å². The van der Waals surface area contributed by atoms with Crippen molar-refractivity contribution in [2.24, 2.45) is 0 Å². The first kappa shape index (κ1) is 15.2. The molecule has 1 spiro atoms. The molecule has 0 unspecified atom stereocenters. The van der Waals surface area contributed by atoms with E-state index in [0.717, 1.165) is 31.4 Å². The maximum Gasteiger partial charge on any atom is 0.410 e. The lowest BCUT2D eigenvalue weighted by Crippen LogP contribution is -2.51. The van der Waals surface area contributed by atoms with Crippen molar-refractivity contribution in [2.45, 2.75) is 57.7 Å². The summed E-state index contributed by atoms with van der Waals surface area (Å²) in [6.45, 7) is 7.11. The minimum atomic E-state index is -0.438. The van der Waals surface area contributed by atoms with Crippen molar-refractivity contribution in [3.05, 3.63) is 29.8 Å². The summed E-state index contributed by atoms with van der Waals surface area (Å²) in [5, 5.41) is 0. The molecule has 1 amide bonds. The van der Waals surface area contributed by atoms with E-state index in [1.165, 1.54) is 5.56 Å². The summed E-state index contributed by atoms with van der Waals surface area (Å²) >= 11 is 0. The van der Waals surface area contributed by atoms with Crippen LogP contribution in [0, 0.1) is 0 Å². The summed E-state index contributed by atoms with van der Waals surface area (Å²) in [7, 11) is 0. The smallest absolute Gasteiger partial charge is 0.410 e. The predicted octanol–water partition coefficient (Wildman–Crippen LogP) is 3.78. The molecular formula is C18H25NO3. The Morgan fingerprint density at radius 1 is 1.18 bits per heavy atom. The van der Waals surface area contributed by atoms with Gasteiger partial charge in [-0.3, -0.25) is 0 Å².